The molecule has 0 fully saturated rings. The largest absolute Gasteiger partial charge is 0.476 e. The molecular weight excluding hydrogens is 242 g/mol. The molecule has 0 saturated carbocycles. The third-order valence-electron chi connectivity index (χ3n) is 2.96. The molecule has 0 aromatic carbocycles. The lowest BCUT2D eigenvalue weighted by Gasteiger charge is -2.21. The van der Waals surface area contributed by atoms with Crippen LogP contribution in [0.2, 0.25) is 0 Å². The first-order valence-corrected chi connectivity index (χ1v) is 6.64. The predicted molar refractivity (Wildman–Crippen MR) is 75.8 cm³/mol. The van der Waals surface area contributed by atoms with Gasteiger partial charge in [-0.3, -0.25) is 0 Å². The summed E-state index contributed by atoms with van der Waals surface area (Å²) in [4.78, 5) is 21.7. The molecule has 106 valence electrons. The van der Waals surface area contributed by atoms with Gasteiger partial charge in [-0.05, 0) is 12.3 Å². The lowest BCUT2D eigenvalue weighted by Crippen LogP contribution is -2.24. The molecule has 1 aromatic rings. The average molecular weight is 265 g/mol. The van der Waals surface area contributed by atoms with Crippen LogP contribution in [-0.2, 0) is 0 Å². The van der Waals surface area contributed by atoms with Crippen molar-refractivity contribution in [2.24, 2.45) is 5.92 Å². The second kappa shape index (κ2) is 6.50. The molecule has 0 atom stereocenters. The first-order valence-electron chi connectivity index (χ1n) is 6.64. The van der Waals surface area contributed by atoms with E-state index in [0.717, 1.165) is 13.0 Å². The summed E-state index contributed by atoms with van der Waals surface area (Å²) in [5.41, 5.74) is 0.669. The quantitative estimate of drug-likeness (QED) is 0.856. The Bertz CT molecular complexity index is 444. The molecule has 5 heteroatoms. The van der Waals surface area contributed by atoms with Crippen LogP contribution >= 0.6 is 0 Å². The standard InChI is InChI=1S/C14H23N3O2/c1-9(2)6-7-17(5)11-8-15-13(10(3)4)16-12(11)14(18)19/h8-10H,6-7H2,1-5H3,(H,18,19). The van der Waals surface area contributed by atoms with Gasteiger partial charge in [-0.15, -0.1) is 0 Å². The summed E-state index contributed by atoms with van der Waals surface area (Å²) in [6, 6.07) is 0. The first-order chi connectivity index (χ1) is 8.82. The Morgan fingerprint density at radius 2 is 2.00 bits per heavy atom. The van der Waals surface area contributed by atoms with Crippen LogP contribution in [0.3, 0.4) is 0 Å². The average Bonchev–Trinajstić information content (AvgIpc) is 2.34. The molecular formula is C14H23N3O2. The molecule has 1 heterocycles. The van der Waals surface area contributed by atoms with Crippen molar-refractivity contribution < 1.29 is 9.90 Å². The summed E-state index contributed by atoms with van der Waals surface area (Å²) in [6.07, 6.45) is 2.62. The maximum Gasteiger partial charge on any atom is 0.356 e. The molecule has 0 aliphatic heterocycles. The smallest absolute Gasteiger partial charge is 0.356 e. The lowest BCUT2D eigenvalue weighted by molar-refractivity contribution is 0.0690. The summed E-state index contributed by atoms with van der Waals surface area (Å²) in [7, 11) is 1.88. The van der Waals surface area contributed by atoms with E-state index in [1.54, 1.807) is 6.20 Å². The number of aromatic nitrogens is 2. The van der Waals surface area contributed by atoms with Crippen LogP contribution in [0.15, 0.2) is 6.20 Å². The van der Waals surface area contributed by atoms with Crippen molar-refractivity contribution >= 4 is 11.7 Å². The van der Waals surface area contributed by atoms with Crippen LogP contribution in [0.4, 0.5) is 5.69 Å². The number of hydrogen-bond acceptors (Lipinski definition) is 4. The summed E-state index contributed by atoms with van der Waals surface area (Å²) in [5, 5.41) is 9.28. The van der Waals surface area contributed by atoms with E-state index >= 15 is 0 Å². The molecule has 0 aliphatic carbocycles. The molecule has 0 aliphatic rings. The highest BCUT2D eigenvalue weighted by Crippen LogP contribution is 2.20. The van der Waals surface area contributed by atoms with E-state index in [2.05, 4.69) is 23.8 Å². The van der Waals surface area contributed by atoms with Crippen LogP contribution in [0.25, 0.3) is 0 Å². The molecule has 0 bridgehead atoms. The molecule has 19 heavy (non-hydrogen) atoms. The summed E-state index contributed by atoms with van der Waals surface area (Å²) < 4.78 is 0. The number of aromatic carboxylic acids is 1. The van der Waals surface area contributed by atoms with Crippen molar-refractivity contribution in [3.05, 3.63) is 17.7 Å². The number of carboxylic acid groups (broad SMARTS) is 1. The zero-order valence-corrected chi connectivity index (χ0v) is 12.3. The van der Waals surface area contributed by atoms with Gasteiger partial charge < -0.3 is 10.0 Å². The van der Waals surface area contributed by atoms with Crippen molar-refractivity contribution in [1.82, 2.24) is 9.97 Å². The minimum absolute atomic E-state index is 0.0879. The monoisotopic (exact) mass is 265 g/mol. The number of carbonyl (C=O) groups is 1. The topological polar surface area (TPSA) is 66.3 Å². The van der Waals surface area contributed by atoms with Gasteiger partial charge in [0.1, 0.15) is 5.82 Å². The van der Waals surface area contributed by atoms with Gasteiger partial charge in [-0.2, -0.15) is 0 Å². The van der Waals surface area contributed by atoms with Crippen molar-refractivity contribution in [2.45, 2.75) is 40.0 Å². The summed E-state index contributed by atoms with van der Waals surface area (Å²) in [5.74, 6) is 0.258. The zero-order valence-electron chi connectivity index (χ0n) is 12.3. The number of hydrogen-bond donors (Lipinski definition) is 1. The third kappa shape index (κ3) is 4.19. The van der Waals surface area contributed by atoms with Gasteiger partial charge in [0.25, 0.3) is 0 Å². The Hall–Kier alpha value is -1.65. The van der Waals surface area contributed by atoms with Gasteiger partial charge in [0.05, 0.1) is 11.9 Å². The molecule has 0 amide bonds. The van der Waals surface area contributed by atoms with Crippen LogP contribution in [0.1, 0.15) is 56.3 Å². The number of anilines is 1. The molecule has 1 rings (SSSR count). The Labute approximate surface area is 114 Å². The van der Waals surface area contributed by atoms with Crippen LogP contribution in [0.5, 0.6) is 0 Å². The van der Waals surface area contributed by atoms with Gasteiger partial charge in [-0.1, -0.05) is 27.7 Å². The second-order valence-corrected chi connectivity index (χ2v) is 5.53. The SMILES string of the molecule is CC(C)CCN(C)c1cnc(C(C)C)nc1C(=O)O. The van der Waals surface area contributed by atoms with Gasteiger partial charge in [0, 0.05) is 19.5 Å². The van der Waals surface area contributed by atoms with Crippen molar-refractivity contribution in [2.75, 3.05) is 18.5 Å². The Morgan fingerprint density at radius 1 is 1.37 bits per heavy atom. The zero-order chi connectivity index (χ0) is 14.6. The third-order valence-corrected chi connectivity index (χ3v) is 2.96. The highest BCUT2D eigenvalue weighted by atomic mass is 16.4. The Kier molecular flexibility index (Phi) is 5.27. The van der Waals surface area contributed by atoms with Crippen LogP contribution < -0.4 is 4.90 Å². The molecule has 0 spiro atoms. The van der Waals surface area contributed by atoms with Crippen LogP contribution in [0, 0.1) is 5.92 Å². The Balaban J connectivity index is 3.02. The fourth-order valence-electron chi connectivity index (χ4n) is 1.68. The number of rotatable bonds is 6. The van der Waals surface area contributed by atoms with Gasteiger partial charge in [0.15, 0.2) is 5.69 Å². The van der Waals surface area contributed by atoms with E-state index in [9.17, 15) is 9.90 Å². The molecule has 0 unspecified atom stereocenters. The molecule has 0 saturated heterocycles. The molecule has 5 nitrogen and oxygen atoms in total. The van der Waals surface area contributed by atoms with E-state index in [4.69, 9.17) is 0 Å². The van der Waals surface area contributed by atoms with Gasteiger partial charge >= 0.3 is 5.97 Å². The van der Waals surface area contributed by atoms with Crippen molar-refractivity contribution in [3.63, 3.8) is 0 Å². The first kappa shape index (κ1) is 15.4. The predicted octanol–water partition coefficient (Wildman–Crippen LogP) is 2.78. The van der Waals surface area contributed by atoms with E-state index in [1.807, 2.05) is 25.8 Å². The van der Waals surface area contributed by atoms with Crippen LogP contribution in [-0.4, -0.2) is 34.6 Å². The lowest BCUT2D eigenvalue weighted by atomic mass is 10.1. The second-order valence-electron chi connectivity index (χ2n) is 5.53. The van der Waals surface area contributed by atoms with E-state index in [-0.39, 0.29) is 11.6 Å². The number of nitrogens with zero attached hydrogens (tertiary/aromatic N) is 3. The van der Waals surface area contributed by atoms with E-state index < -0.39 is 5.97 Å². The maximum atomic E-state index is 11.3. The highest BCUT2D eigenvalue weighted by Gasteiger charge is 2.18. The molecule has 1 N–H and O–H groups in total. The fraction of sp³-hybridized carbons (Fsp3) is 0.643. The van der Waals surface area contributed by atoms with Gasteiger partial charge in [-0.25, -0.2) is 14.8 Å². The summed E-state index contributed by atoms with van der Waals surface area (Å²) >= 11 is 0. The maximum absolute atomic E-state index is 11.3. The van der Waals surface area contributed by atoms with Crippen molar-refractivity contribution in [1.29, 1.82) is 0 Å². The molecule has 0 radical (unpaired) electrons. The van der Waals surface area contributed by atoms with Gasteiger partial charge in [0.2, 0.25) is 0 Å². The minimum atomic E-state index is -1.00. The fourth-order valence-corrected chi connectivity index (χ4v) is 1.68. The Morgan fingerprint density at radius 3 is 2.47 bits per heavy atom. The van der Waals surface area contributed by atoms with E-state index in [0.29, 0.717) is 17.4 Å². The highest BCUT2D eigenvalue weighted by molar-refractivity contribution is 5.91. The summed E-state index contributed by atoms with van der Waals surface area (Å²) in [6.45, 7) is 8.98. The molecule has 1 aromatic heterocycles. The number of carboxylic acids is 1. The minimum Gasteiger partial charge on any atom is -0.476 e. The van der Waals surface area contributed by atoms with Crippen molar-refractivity contribution in [3.8, 4) is 0 Å². The normalized spacial score (nSPS) is 11.1. The van der Waals surface area contributed by atoms with E-state index in [1.165, 1.54) is 0 Å².